The highest BCUT2D eigenvalue weighted by atomic mass is 19.2. The van der Waals surface area contributed by atoms with E-state index >= 15 is 0 Å². The van der Waals surface area contributed by atoms with Gasteiger partial charge in [0.25, 0.3) is 0 Å². The largest absolute Gasteiger partial charge is 0.329 e. The molecule has 0 atom stereocenters. The highest BCUT2D eigenvalue weighted by Crippen LogP contribution is 2.17. The van der Waals surface area contributed by atoms with Crippen LogP contribution in [-0.4, -0.2) is 22.6 Å². The molecule has 2 rings (SSSR count). The van der Waals surface area contributed by atoms with Crippen molar-refractivity contribution in [3.63, 3.8) is 0 Å². The predicted octanol–water partition coefficient (Wildman–Crippen LogP) is 1.92. The minimum Gasteiger partial charge on any atom is -0.329 e. The molecule has 5 heteroatoms. The van der Waals surface area contributed by atoms with Gasteiger partial charge in [0.15, 0.2) is 11.6 Å². The molecule has 1 aromatic heterocycles. The molecule has 86 valence electrons. The van der Waals surface area contributed by atoms with Gasteiger partial charge in [0.05, 0.1) is 17.4 Å². The van der Waals surface area contributed by atoms with E-state index in [-0.39, 0.29) is 0 Å². The summed E-state index contributed by atoms with van der Waals surface area (Å²) in [5.41, 5.74) is 1.10. The van der Waals surface area contributed by atoms with Crippen molar-refractivity contribution in [3.05, 3.63) is 30.1 Å². The van der Waals surface area contributed by atoms with Crippen molar-refractivity contribution >= 4 is 11.0 Å². The lowest BCUT2D eigenvalue weighted by molar-refractivity contribution is 0.510. The number of fused-ring (bicyclic) bond motifs is 1. The highest BCUT2D eigenvalue weighted by Gasteiger charge is 2.08. The molecule has 1 heterocycles. The van der Waals surface area contributed by atoms with Crippen molar-refractivity contribution in [1.29, 1.82) is 0 Å². The fraction of sp³-hybridized carbons (Fsp3) is 0.364. The van der Waals surface area contributed by atoms with E-state index in [9.17, 15) is 8.78 Å². The van der Waals surface area contributed by atoms with Crippen LogP contribution in [0.4, 0.5) is 8.78 Å². The van der Waals surface area contributed by atoms with Gasteiger partial charge >= 0.3 is 0 Å². The van der Waals surface area contributed by atoms with E-state index in [0.717, 1.165) is 19.2 Å². The average molecular weight is 225 g/mol. The summed E-state index contributed by atoms with van der Waals surface area (Å²) >= 11 is 0. The van der Waals surface area contributed by atoms with Crippen LogP contribution in [-0.2, 0) is 6.54 Å². The van der Waals surface area contributed by atoms with Crippen LogP contribution >= 0.6 is 0 Å². The molecule has 2 aromatic rings. The van der Waals surface area contributed by atoms with Gasteiger partial charge in [-0.1, -0.05) is 6.92 Å². The molecule has 0 spiro atoms. The van der Waals surface area contributed by atoms with E-state index in [4.69, 9.17) is 0 Å². The fourth-order valence-corrected chi connectivity index (χ4v) is 1.61. The van der Waals surface area contributed by atoms with E-state index in [1.807, 2.05) is 6.92 Å². The van der Waals surface area contributed by atoms with Crippen molar-refractivity contribution in [2.24, 2.45) is 0 Å². The van der Waals surface area contributed by atoms with Gasteiger partial charge in [-0.15, -0.1) is 0 Å². The molecule has 0 fully saturated rings. The number of halogens is 2. The molecule has 0 radical (unpaired) electrons. The van der Waals surface area contributed by atoms with E-state index in [2.05, 4.69) is 10.3 Å². The second kappa shape index (κ2) is 4.57. The molecule has 0 saturated heterocycles. The van der Waals surface area contributed by atoms with E-state index in [0.29, 0.717) is 17.6 Å². The molecule has 0 amide bonds. The van der Waals surface area contributed by atoms with Crippen LogP contribution in [0.15, 0.2) is 18.5 Å². The van der Waals surface area contributed by atoms with Gasteiger partial charge in [-0.05, 0) is 6.54 Å². The number of nitrogens with zero attached hydrogens (tertiary/aromatic N) is 2. The first-order valence-corrected chi connectivity index (χ1v) is 5.23. The summed E-state index contributed by atoms with van der Waals surface area (Å²) in [6, 6.07) is 2.30. The summed E-state index contributed by atoms with van der Waals surface area (Å²) in [6.45, 7) is 4.37. The Morgan fingerprint density at radius 2 is 2.06 bits per heavy atom. The Morgan fingerprint density at radius 3 is 2.81 bits per heavy atom. The Bertz CT molecular complexity index is 493. The van der Waals surface area contributed by atoms with Crippen molar-refractivity contribution in [1.82, 2.24) is 14.9 Å². The first-order valence-electron chi connectivity index (χ1n) is 5.23. The number of benzene rings is 1. The molecule has 1 N–H and O–H groups in total. The molecular formula is C11H13F2N3. The van der Waals surface area contributed by atoms with Crippen molar-refractivity contribution in [2.75, 3.05) is 13.1 Å². The second-order valence-electron chi connectivity index (χ2n) is 3.55. The lowest BCUT2D eigenvalue weighted by Crippen LogP contribution is -2.18. The lowest BCUT2D eigenvalue weighted by Gasteiger charge is -2.04. The van der Waals surface area contributed by atoms with Crippen LogP contribution in [0.1, 0.15) is 6.92 Å². The van der Waals surface area contributed by atoms with Crippen LogP contribution in [0.5, 0.6) is 0 Å². The number of imidazole rings is 1. The van der Waals surface area contributed by atoms with Crippen LogP contribution in [0, 0.1) is 11.6 Å². The van der Waals surface area contributed by atoms with Crippen molar-refractivity contribution in [3.8, 4) is 0 Å². The SMILES string of the molecule is CCNCCn1cnc2cc(F)c(F)cc21. The van der Waals surface area contributed by atoms with Crippen LogP contribution in [0.25, 0.3) is 11.0 Å². The van der Waals surface area contributed by atoms with Gasteiger partial charge in [0, 0.05) is 25.2 Å². The van der Waals surface area contributed by atoms with Crippen LogP contribution in [0.2, 0.25) is 0 Å². The van der Waals surface area contributed by atoms with Gasteiger partial charge in [0.1, 0.15) is 0 Å². The van der Waals surface area contributed by atoms with E-state index in [1.54, 1.807) is 10.9 Å². The molecule has 1 aromatic carbocycles. The molecule has 0 aliphatic heterocycles. The zero-order valence-corrected chi connectivity index (χ0v) is 9.00. The number of rotatable bonds is 4. The maximum absolute atomic E-state index is 13.1. The molecule has 3 nitrogen and oxygen atoms in total. The first kappa shape index (κ1) is 11.0. The van der Waals surface area contributed by atoms with Crippen molar-refractivity contribution in [2.45, 2.75) is 13.5 Å². The Kier molecular flexibility index (Phi) is 3.14. The average Bonchev–Trinajstić information content (AvgIpc) is 2.63. The Balaban J connectivity index is 2.29. The van der Waals surface area contributed by atoms with Crippen LogP contribution in [0.3, 0.4) is 0 Å². The summed E-state index contributed by atoms with van der Waals surface area (Å²) in [5.74, 6) is -1.69. The summed E-state index contributed by atoms with van der Waals surface area (Å²) < 4.78 is 27.8. The van der Waals surface area contributed by atoms with Gasteiger partial charge in [-0.3, -0.25) is 0 Å². The lowest BCUT2D eigenvalue weighted by atomic mass is 10.3. The van der Waals surface area contributed by atoms with Gasteiger partial charge in [0.2, 0.25) is 0 Å². The minimum absolute atomic E-state index is 0.482. The molecule has 0 aliphatic rings. The zero-order valence-electron chi connectivity index (χ0n) is 9.00. The summed E-state index contributed by atoms with van der Waals surface area (Å²) in [5, 5.41) is 3.16. The monoisotopic (exact) mass is 225 g/mol. The third kappa shape index (κ3) is 2.04. The van der Waals surface area contributed by atoms with Gasteiger partial charge < -0.3 is 9.88 Å². The number of nitrogens with one attached hydrogen (secondary N) is 1. The molecule has 0 bridgehead atoms. The van der Waals surface area contributed by atoms with Crippen molar-refractivity contribution < 1.29 is 8.78 Å². The van der Waals surface area contributed by atoms with E-state index in [1.165, 1.54) is 6.07 Å². The third-order valence-corrected chi connectivity index (χ3v) is 2.44. The van der Waals surface area contributed by atoms with Gasteiger partial charge in [-0.25, -0.2) is 13.8 Å². The molecule has 16 heavy (non-hydrogen) atoms. The number of aromatic nitrogens is 2. The maximum atomic E-state index is 13.1. The third-order valence-electron chi connectivity index (χ3n) is 2.44. The number of hydrogen-bond donors (Lipinski definition) is 1. The summed E-state index contributed by atoms with van der Waals surface area (Å²) in [7, 11) is 0. The summed E-state index contributed by atoms with van der Waals surface area (Å²) in [6.07, 6.45) is 1.60. The molecule has 0 saturated carbocycles. The quantitative estimate of drug-likeness (QED) is 0.806. The maximum Gasteiger partial charge on any atom is 0.161 e. The minimum atomic E-state index is -0.857. The van der Waals surface area contributed by atoms with Crippen LogP contribution < -0.4 is 5.32 Å². The zero-order chi connectivity index (χ0) is 11.5. The molecular weight excluding hydrogens is 212 g/mol. The van der Waals surface area contributed by atoms with E-state index < -0.39 is 11.6 Å². The second-order valence-corrected chi connectivity index (χ2v) is 3.55. The van der Waals surface area contributed by atoms with Gasteiger partial charge in [-0.2, -0.15) is 0 Å². The predicted molar refractivity (Wildman–Crippen MR) is 58.2 cm³/mol. The standard InChI is InChI=1S/C11H13F2N3/c1-2-14-3-4-16-7-15-10-5-8(12)9(13)6-11(10)16/h5-7,14H,2-4H2,1H3. The Hall–Kier alpha value is -1.49. The highest BCUT2D eigenvalue weighted by molar-refractivity contribution is 5.75. The molecule has 0 aliphatic carbocycles. The number of likely N-dealkylation sites (N-methyl/N-ethyl adjacent to an activating group) is 1. The molecule has 0 unspecified atom stereocenters. The summed E-state index contributed by atoms with van der Waals surface area (Å²) in [4.78, 5) is 4.03. The Morgan fingerprint density at radius 1 is 1.31 bits per heavy atom. The first-order chi connectivity index (χ1) is 7.72. The Labute approximate surface area is 92.1 Å². The smallest absolute Gasteiger partial charge is 0.161 e. The topological polar surface area (TPSA) is 29.9 Å². The fourth-order valence-electron chi connectivity index (χ4n) is 1.61. The normalized spacial score (nSPS) is 11.2. The number of hydrogen-bond acceptors (Lipinski definition) is 2.